The maximum atomic E-state index is 11.9. The number of hydrogen-bond donors (Lipinski definition) is 1. The van der Waals surface area contributed by atoms with Gasteiger partial charge in [0, 0.05) is 12.6 Å². The van der Waals surface area contributed by atoms with E-state index in [1.165, 1.54) is 32.0 Å². The fourth-order valence-electron chi connectivity index (χ4n) is 3.01. The fraction of sp³-hybridized carbons (Fsp3) is 0.533. The second kappa shape index (κ2) is 6.15. The number of sulfonamides is 1. The highest BCUT2D eigenvalue weighted by Gasteiger charge is 2.24. The van der Waals surface area contributed by atoms with Gasteiger partial charge in [0.25, 0.3) is 10.0 Å². The fourth-order valence-corrected chi connectivity index (χ4v) is 4.07. The summed E-state index contributed by atoms with van der Waals surface area (Å²) < 4.78 is 27.5. The van der Waals surface area contributed by atoms with Crippen LogP contribution in [0, 0.1) is 0 Å². The highest BCUT2D eigenvalue weighted by Crippen LogP contribution is 2.29. The number of hydrogen-bond acceptors (Lipinski definition) is 4. The smallest absolute Gasteiger partial charge is 0.285 e. The van der Waals surface area contributed by atoms with E-state index in [0.29, 0.717) is 10.9 Å². The van der Waals surface area contributed by atoms with Gasteiger partial charge in [-0.05, 0) is 37.9 Å². The average Bonchev–Trinajstić information content (AvgIpc) is 2.99. The Bertz CT molecular complexity index is 622. The van der Waals surface area contributed by atoms with Gasteiger partial charge in [-0.1, -0.05) is 25.0 Å². The van der Waals surface area contributed by atoms with Gasteiger partial charge in [-0.25, -0.2) is 0 Å². The van der Waals surface area contributed by atoms with Gasteiger partial charge in [0.2, 0.25) is 0 Å². The van der Waals surface area contributed by atoms with E-state index in [4.69, 9.17) is 0 Å². The summed E-state index contributed by atoms with van der Waals surface area (Å²) in [5.41, 5.74) is 0.730. The molecule has 6 heteroatoms. The van der Waals surface area contributed by atoms with Gasteiger partial charge in [0.1, 0.15) is 11.2 Å². The summed E-state index contributed by atoms with van der Waals surface area (Å²) in [4.78, 5) is 2.23. The summed E-state index contributed by atoms with van der Waals surface area (Å²) >= 11 is 0. The summed E-state index contributed by atoms with van der Waals surface area (Å²) in [7, 11) is -3.51. The van der Waals surface area contributed by atoms with Crippen molar-refractivity contribution in [3.05, 3.63) is 24.3 Å². The highest BCUT2D eigenvalue weighted by atomic mass is 32.2. The molecule has 0 atom stereocenters. The molecule has 3 rings (SSSR count). The minimum absolute atomic E-state index is 0.302. The van der Waals surface area contributed by atoms with E-state index in [2.05, 4.69) is 9.71 Å². The van der Waals surface area contributed by atoms with Crippen molar-refractivity contribution < 1.29 is 8.42 Å². The minimum Gasteiger partial charge on any atom is -0.330 e. The van der Waals surface area contributed by atoms with Crippen LogP contribution in [0.2, 0.25) is 0 Å². The summed E-state index contributed by atoms with van der Waals surface area (Å²) in [6, 6.07) is 7.72. The highest BCUT2D eigenvalue weighted by molar-refractivity contribution is 7.90. The molecule has 1 aliphatic heterocycles. The summed E-state index contributed by atoms with van der Waals surface area (Å²) in [5.74, 6) is 0. The number of nitrogens with zero attached hydrogens (tertiary/aromatic N) is 2. The molecule has 2 aliphatic rings. The molecule has 114 valence electrons. The van der Waals surface area contributed by atoms with Gasteiger partial charge < -0.3 is 10.2 Å². The predicted octanol–water partition coefficient (Wildman–Crippen LogP) is 2.15. The lowest BCUT2D eigenvalue weighted by atomic mass is 10.2. The Morgan fingerprint density at radius 2 is 2.00 bits per heavy atom. The van der Waals surface area contributed by atoms with Crippen molar-refractivity contribution in [2.24, 2.45) is 4.40 Å². The third-order valence-corrected chi connectivity index (χ3v) is 5.41. The molecular weight excluding hydrogens is 286 g/mol. The first kappa shape index (κ1) is 14.5. The lowest BCUT2D eigenvalue weighted by molar-refractivity contribution is 0.517. The molecular formula is C15H21N3O2S. The van der Waals surface area contributed by atoms with Crippen LogP contribution in [0.15, 0.2) is 33.6 Å². The summed E-state index contributed by atoms with van der Waals surface area (Å²) in [6.07, 6.45) is 7.64. The van der Waals surface area contributed by atoms with Crippen molar-refractivity contribution >= 4 is 22.0 Å². The standard InChI is InChI=1S/C15H21N3O2S/c19-21(20)15-9-4-3-8-14(15)18(12-17-21)11-5-10-16-13-6-1-2-7-13/h3-4,8-9,12-13,16H,1-2,5-7,10-11H2. The van der Waals surface area contributed by atoms with Crippen LogP contribution in [0.1, 0.15) is 32.1 Å². The number of nitrogens with one attached hydrogen (secondary N) is 1. The van der Waals surface area contributed by atoms with Crippen LogP contribution < -0.4 is 10.2 Å². The number of anilines is 1. The molecule has 5 nitrogen and oxygen atoms in total. The molecule has 0 aromatic heterocycles. The maximum Gasteiger partial charge on any atom is 0.285 e. The minimum atomic E-state index is -3.51. The first-order valence-electron chi connectivity index (χ1n) is 7.56. The number of para-hydroxylation sites is 1. The van der Waals surface area contributed by atoms with Gasteiger partial charge in [0.05, 0.1) is 5.69 Å². The summed E-state index contributed by atoms with van der Waals surface area (Å²) in [5, 5.41) is 3.57. The zero-order valence-electron chi connectivity index (χ0n) is 12.0. The Balaban J connectivity index is 1.59. The van der Waals surface area contributed by atoms with Crippen molar-refractivity contribution in [1.29, 1.82) is 0 Å². The lowest BCUT2D eigenvalue weighted by Gasteiger charge is -2.25. The Morgan fingerprint density at radius 1 is 1.24 bits per heavy atom. The number of rotatable bonds is 5. The zero-order chi connectivity index (χ0) is 14.7. The predicted molar refractivity (Wildman–Crippen MR) is 84.3 cm³/mol. The third kappa shape index (κ3) is 3.27. The largest absolute Gasteiger partial charge is 0.330 e. The molecule has 1 N–H and O–H groups in total. The van der Waals surface area contributed by atoms with Crippen molar-refractivity contribution in [3.63, 3.8) is 0 Å². The van der Waals surface area contributed by atoms with Crippen LogP contribution in [-0.2, 0) is 10.0 Å². The second-order valence-corrected chi connectivity index (χ2v) is 7.25. The van der Waals surface area contributed by atoms with Crippen LogP contribution in [0.5, 0.6) is 0 Å². The molecule has 0 spiro atoms. The molecule has 0 bridgehead atoms. The van der Waals surface area contributed by atoms with Crippen molar-refractivity contribution in [1.82, 2.24) is 5.32 Å². The SMILES string of the molecule is O=S1(=O)N=CN(CCCNC2CCCC2)c2ccccc21. The zero-order valence-corrected chi connectivity index (χ0v) is 12.8. The van der Waals surface area contributed by atoms with Gasteiger partial charge in [0.15, 0.2) is 0 Å². The monoisotopic (exact) mass is 307 g/mol. The van der Waals surface area contributed by atoms with Gasteiger partial charge in [-0.3, -0.25) is 0 Å². The topological polar surface area (TPSA) is 61.8 Å². The average molecular weight is 307 g/mol. The van der Waals surface area contributed by atoms with E-state index in [1.807, 2.05) is 17.0 Å². The molecule has 1 fully saturated rings. The molecule has 1 aliphatic carbocycles. The molecule has 21 heavy (non-hydrogen) atoms. The quantitative estimate of drug-likeness (QED) is 0.847. The molecule has 1 aromatic rings. The van der Waals surface area contributed by atoms with E-state index in [0.717, 1.165) is 25.2 Å². The van der Waals surface area contributed by atoms with E-state index in [9.17, 15) is 8.42 Å². The van der Waals surface area contributed by atoms with E-state index in [-0.39, 0.29) is 0 Å². The maximum absolute atomic E-state index is 11.9. The first-order chi connectivity index (χ1) is 10.2. The van der Waals surface area contributed by atoms with Crippen molar-refractivity contribution in [2.45, 2.75) is 43.0 Å². The molecule has 0 radical (unpaired) electrons. The molecule has 0 saturated heterocycles. The molecule has 1 aromatic carbocycles. The molecule has 0 unspecified atom stereocenters. The lowest BCUT2D eigenvalue weighted by Crippen LogP contribution is -2.32. The Kier molecular flexibility index (Phi) is 4.26. The second-order valence-electron chi connectivity index (χ2n) is 5.65. The van der Waals surface area contributed by atoms with Crippen LogP contribution in [0.4, 0.5) is 5.69 Å². The van der Waals surface area contributed by atoms with Crippen LogP contribution >= 0.6 is 0 Å². The van der Waals surface area contributed by atoms with Crippen molar-refractivity contribution in [3.8, 4) is 0 Å². The molecule has 0 amide bonds. The first-order valence-corrected chi connectivity index (χ1v) is 9.00. The summed E-state index contributed by atoms with van der Waals surface area (Å²) in [6.45, 7) is 1.74. The normalized spacial score (nSPS) is 20.7. The van der Waals surface area contributed by atoms with Crippen molar-refractivity contribution in [2.75, 3.05) is 18.0 Å². The van der Waals surface area contributed by atoms with E-state index in [1.54, 1.807) is 12.1 Å². The number of benzene rings is 1. The Labute approximate surface area is 126 Å². The molecule has 1 heterocycles. The van der Waals surface area contributed by atoms with E-state index < -0.39 is 10.0 Å². The van der Waals surface area contributed by atoms with Crippen LogP contribution in [0.3, 0.4) is 0 Å². The van der Waals surface area contributed by atoms with Crippen LogP contribution in [-0.4, -0.2) is 33.9 Å². The Hall–Kier alpha value is -1.40. The van der Waals surface area contributed by atoms with Crippen LogP contribution in [0.25, 0.3) is 0 Å². The third-order valence-electron chi connectivity index (χ3n) is 4.14. The van der Waals surface area contributed by atoms with Gasteiger partial charge >= 0.3 is 0 Å². The van der Waals surface area contributed by atoms with Gasteiger partial charge in [-0.15, -0.1) is 4.40 Å². The number of fused-ring (bicyclic) bond motifs is 1. The van der Waals surface area contributed by atoms with E-state index >= 15 is 0 Å². The Morgan fingerprint density at radius 3 is 2.81 bits per heavy atom. The molecule has 1 saturated carbocycles. The van der Waals surface area contributed by atoms with Gasteiger partial charge in [-0.2, -0.15) is 8.42 Å².